The van der Waals surface area contributed by atoms with Gasteiger partial charge in [-0.05, 0) is 45.2 Å². The molecular formula is C25H36N6OS. The quantitative estimate of drug-likeness (QED) is 0.510. The molecule has 0 radical (unpaired) electrons. The fourth-order valence-electron chi connectivity index (χ4n) is 4.49. The number of hydrogen-bond acceptors (Lipinski definition) is 6. The predicted molar refractivity (Wildman–Crippen MR) is 136 cm³/mol. The maximum Gasteiger partial charge on any atom is 0.282 e. The van der Waals surface area contributed by atoms with E-state index in [0.717, 1.165) is 62.5 Å². The highest BCUT2D eigenvalue weighted by molar-refractivity contribution is 7.17. The lowest BCUT2D eigenvalue weighted by Gasteiger charge is -2.42. The highest BCUT2D eigenvalue weighted by Crippen LogP contribution is 2.25. The molecule has 1 saturated heterocycles. The Balaban J connectivity index is 1.40. The molecule has 7 nitrogen and oxygen atoms in total. The number of amides is 1. The van der Waals surface area contributed by atoms with Crippen LogP contribution in [0, 0.1) is 0 Å². The molecule has 1 aliphatic rings. The van der Waals surface area contributed by atoms with Gasteiger partial charge >= 0.3 is 0 Å². The molecule has 3 aromatic rings. The van der Waals surface area contributed by atoms with Crippen LogP contribution in [0.5, 0.6) is 0 Å². The molecule has 1 fully saturated rings. The SMILES string of the molecule is CCCCC(Cc1c[nH]c2ccccc12)NC(=O)c1nnc(N2CCN(C(C)(C)C)CC2)s1. The second-order valence-electron chi connectivity index (χ2n) is 9.91. The summed E-state index contributed by atoms with van der Waals surface area (Å²) in [6, 6.07) is 8.39. The number of benzene rings is 1. The third-order valence-corrected chi connectivity index (χ3v) is 7.47. The Hall–Kier alpha value is -2.45. The largest absolute Gasteiger partial charge is 0.361 e. The zero-order valence-corrected chi connectivity index (χ0v) is 21.0. The minimum Gasteiger partial charge on any atom is -0.361 e. The lowest BCUT2D eigenvalue weighted by molar-refractivity contribution is 0.0933. The zero-order chi connectivity index (χ0) is 23.4. The zero-order valence-electron chi connectivity index (χ0n) is 20.2. The van der Waals surface area contributed by atoms with Gasteiger partial charge in [0.15, 0.2) is 0 Å². The van der Waals surface area contributed by atoms with Crippen molar-refractivity contribution in [2.45, 2.75) is 65.0 Å². The maximum absolute atomic E-state index is 13.1. The topological polar surface area (TPSA) is 77.1 Å². The Labute approximate surface area is 200 Å². The Kier molecular flexibility index (Phi) is 7.34. The van der Waals surface area contributed by atoms with Crippen molar-refractivity contribution in [2.75, 3.05) is 31.1 Å². The van der Waals surface area contributed by atoms with Crippen LogP contribution >= 0.6 is 11.3 Å². The third-order valence-electron chi connectivity index (χ3n) is 6.49. The van der Waals surface area contributed by atoms with E-state index in [1.807, 2.05) is 6.07 Å². The number of para-hydroxylation sites is 1. The summed E-state index contributed by atoms with van der Waals surface area (Å²) in [6.07, 6.45) is 5.99. The van der Waals surface area contributed by atoms with Crippen LogP contribution in [0.25, 0.3) is 10.9 Å². The number of nitrogens with zero attached hydrogens (tertiary/aromatic N) is 4. The van der Waals surface area contributed by atoms with Gasteiger partial charge in [-0.2, -0.15) is 0 Å². The number of carbonyl (C=O) groups is 1. The molecule has 0 spiro atoms. The number of anilines is 1. The molecule has 8 heteroatoms. The molecule has 1 aromatic carbocycles. The number of fused-ring (bicyclic) bond motifs is 1. The molecule has 0 aliphatic carbocycles. The van der Waals surface area contributed by atoms with Gasteiger partial charge < -0.3 is 15.2 Å². The van der Waals surface area contributed by atoms with Crippen molar-refractivity contribution in [3.63, 3.8) is 0 Å². The molecule has 1 aliphatic heterocycles. The van der Waals surface area contributed by atoms with Crippen LogP contribution in [-0.2, 0) is 6.42 Å². The molecule has 178 valence electrons. The number of unbranched alkanes of at least 4 members (excludes halogenated alkanes) is 1. The molecule has 1 amide bonds. The summed E-state index contributed by atoms with van der Waals surface area (Å²) in [7, 11) is 0. The Morgan fingerprint density at radius 2 is 1.94 bits per heavy atom. The normalized spacial score (nSPS) is 16.3. The molecule has 0 saturated carbocycles. The second kappa shape index (κ2) is 10.2. The standard InChI is InChI=1S/C25H36N6OS/c1-5-6-9-19(16-18-17-26-21-11-8-7-10-20(18)21)27-22(32)23-28-29-24(33-23)30-12-14-31(15-13-30)25(2,3)4/h7-8,10-11,17,19,26H,5-6,9,12-16H2,1-4H3,(H,27,32). The minimum absolute atomic E-state index is 0.0688. The van der Waals surface area contributed by atoms with Crippen molar-refractivity contribution in [1.29, 1.82) is 0 Å². The van der Waals surface area contributed by atoms with Crippen molar-refractivity contribution in [2.24, 2.45) is 0 Å². The van der Waals surface area contributed by atoms with Crippen molar-refractivity contribution in [3.8, 4) is 0 Å². The van der Waals surface area contributed by atoms with E-state index in [0.29, 0.717) is 5.01 Å². The molecule has 1 unspecified atom stereocenters. The third kappa shape index (κ3) is 5.73. The van der Waals surface area contributed by atoms with Crippen molar-refractivity contribution in [3.05, 3.63) is 41.0 Å². The first-order valence-electron chi connectivity index (χ1n) is 12.0. The van der Waals surface area contributed by atoms with Gasteiger partial charge in [0.1, 0.15) is 0 Å². The highest BCUT2D eigenvalue weighted by atomic mass is 32.1. The highest BCUT2D eigenvalue weighted by Gasteiger charge is 2.28. The van der Waals surface area contributed by atoms with Gasteiger partial charge in [-0.25, -0.2) is 0 Å². The minimum atomic E-state index is -0.118. The van der Waals surface area contributed by atoms with Crippen LogP contribution < -0.4 is 10.2 Å². The Morgan fingerprint density at radius 3 is 2.67 bits per heavy atom. The Bertz CT molecular complexity index is 1060. The number of aromatic nitrogens is 3. The van der Waals surface area contributed by atoms with Crippen molar-refractivity contribution < 1.29 is 4.79 Å². The van der Waals surface area contributed by atoms with E-state index in [-0.39, 0.29) is 17.5 Å². The van der Waals surface area contributed by atoms with E-state index in [1.165, 1.54) is 22.3 Å². The molecule has 2 N–H and O–H groups in total. The first-order chi connectivity index (χ1) is 15.8. The number of carbonyl (C=O) groups excluding carboxylic acids is 1. The predicted octanol–water partition coefficient (Wildman–Crippen LogP) is 4.47. The van der Waals surface area contributed by atoms with Gasteiger partial charge in [0.2, 0.25) is 10.1 Å². The van der Waals surface area contributed by atoms with Crippen LogP contribution in [0.2, 0.25) is 0 Å². The van der Waals surface area contributed by atoms with Crippen LogP contribution in [-0.4, -0.2) is 63.7 Å². The molecule has 3 heterocycles. The van der Waals surface area contributed by atoms with Gasteiger partial charge in [-0.1, -0.05) is 49.3 Å². The number of rotatable bonds is 8. The van der Waals surface area contributed by atoms with Crippen LogP contribution in [0.3, 0.4) is 0 Å². The van der Waals surface area contributed by atoms with E-state index in [1.54, 1.807) is 0 Å². The van der Waals surface area contributed by atoms with E-state index in [2.05, 4.69) is 82.4 Å². The van der Waals surface area contributed by atoms with Crippen LogP contribution in [0.1, 0.15) is 62.3 Å². The summed E-state index contributed by atoms with van der Waals surface area (Å²) in [6.45, 7) is 12.7. The number of aromatic amines is 1. The fraction of sp³-hybridized carbons (Fsp3) is 0.560. The van der Waals surface area contributed by atoms with Crippen LogP contribution in [0.15, 0.2) is 30.5 Å². The van der Waals surface area contributed by atoms with Crippen molar-refractivity contribution in [1.82, 2.24) is 25.4 Å². The fourth-order valence-corrected chi connectivity index (χ4v) is 5.29. The number of piperazine rings is 1. The lowest BCUT2D eigenvalue weighted by Crippen LogP contribution is -2.53. The van der Waals surface area contributed by atoms with E-state index in [9.17, 15) is 4.79 Å². The first kappa shape index (κ1) is 23.7. The smallest absolute Gasteiger partial charge is 0.282 e. The summed E-state index contributed by atoms with van der Waals surface area (Å²) in [5, 5.41) is 14.3. The molecule has 0 bridgehead atoms. The molecule has 2 aromatic heterocycles. The number of nitrogens with one attached hydrogen (secondary N) is 2. The molecule has 1 atom stereocenters. The summed E-state index contributed by atoms with van der Waals surface area (Å²) in [5.74, 6) is -0.118. The van der Waals surface area contributed by atoms with Crippen molar-refractivity contribution >= 4 is 33.3 Å². The van der Waals surface area contributed by atoms with Gasteiger partial charge in [0, 0.05) is 54.9 Å². The lowest BCUT2D eigenvalue weighted by atomic mass is 10.0. The molecular weight excluding hydrogens is 432 g/mol. The summed E-state index contributed by atoms with van der Waals surface area (Å²) in [4.78, 5) is 21.1. The summed E-state index contributed by atoms with van der Waals surface area (Å²) >= 11 is 1.40. The average Bonchev–Trinajstić information content (AvgIpc) is 3.45. The maximum atomic E-state index is 13.1. The second-order valence-corrected chi connectivity index (χ2v) is 10.9. The van der Waals surface area contributed by atoms with E-state index >= 15 is 0 Å². The Morgan fingerprint density at radius 1 is 1.18 bits per heavy atom. The van der Waals surface area contributed by atoms with Gasteiger partial charge in [0.25, 0.3) is 5.91 Å². The average molecular weight is 469 g/mol. The first-order valence-corrected chi connectivity index (χ1v) is 12.9. The van der Waals surface area contributed by atoms with E-state index in [4.69, 9.17) is 0 Å². The molecule has 4 rings (SSSR count). The number of H-pyrrole nitrogens is 1. The number of hydrogen-bond donors (Lipinski definition) is 2. The van der Waals surface area contributed by atoms with Gasteiger partial charge in [0.05, 0.1) is 0 Å². The molecule has 33 heavy (non-hydrogen) atoms. The van der Waals surface area contributed by atoms with Gasteiger partial charge in [-0.3, -0.25) is 9.69 Å². The van der Waals surface area contributed by atoms with E-state index < -0.39 is 0 Å². The van der Waals surface area contributed by atoms with Gasteiger partial charge in [-0.15, -0.1) is 10.2 Å². The monoisotopic (exact) mass is 468 g/mol. The summed E-state index contributed by atoms with van der Waals surface area (Å²) in [5.41, 5.74) is 2.55. The summed E-state index contributed by atoms with van der Waals surface area (Å²) < 4.78 is 0. The van der Waals surface area contributed by atoms with Crippen LogP contribution in [0.4, 0.5) is 5.13 Å².